The largest absolute Gasteiger partial charge is 0.433 e. The quantitative estimate of drug-likeness (QED) is 0.0255. The van der Waals surface area contributed by atoms with Crippen molar-refractivity contribution in [2.24, 2.45) is 0 Å². The fourth-order valence-corrected chi connectivity index (χ4v) is 8.52. The summed E-state index contributed by atoms with van der Waals surface area (Å²) in [6.07, 6.45) is 0.832. The van der Waals surface area contributed by atoms with E-state index in [0.29, 0.717) is 69.2 Å². The number of hydrogen-bond acceptors (Lipinski definition) is 9. The van der Waals surface area contributed by atoms with Crippen LogP contribution in [0.15, 0.2) is 218 Å². The van der Waals surface area contributed by atoms with Crippen LogP contribution in [-0.2, 0) is 36.2 Å². The minimum absolute atomic E-state index is 0.259. The summed E-state index contributed by atoms with van der Waals surface area (Å²) in [6.45, 7) is 5.32. The summed E-state index contributed by atoms with van der Waals surface area (Å²) in [7, 11) is 2.10. The van der Waals surface area contributed by atoms with Crippen molar-refractivity contribution in [1.82, 2.24) is 0 Å². The van der Waals surface area contributed by atoms with E-state index in [9.17, 15) is 0 Å². The number of nitrogens with one attached hydrogen (secondary N) is 4. The first-order valence-corrected chi connectivity index (χ1v) is 25.6. The molecular formula is C60H66B4N4O5. The molecule has 0 aliphatic rings. The molecule has 0 saturated carbocycles. The van der Waals surface area contributed by atoms with Crippen LogP contribution in [0.4, 0.5) is 22.7 Å². The van der Waals surface area contributed by atoms with Gasteiger partial charge in [0, 0.05) is 88.2 Å². The lowest BCUT2D eigenvalue weighted by atomic mass is 9.84. The lowest BCUT2D eigenvalue weighted by Crippen LogP contribution is -2.23. The first-order chi connectivity index (χ1) is 36.2. The Morgan fingerprint density at radius 3 is 0.918 bits per heavy atom. The zero-order chi connectivity index (χ0) is 49.8. The molecule has 8 aromatic rings. The molecule has 0 saturated heterocycles. The van der Waals surface area contributed by atoms with Crippen LogP contribution in [0.5, 0.6) is 0 Å². The van der Waals surface area contributed by atoms with Crippen molar-refractivity contribution < 1.29 is 23.4 Å². The number of rotatable bonds is 32. The average molecular weight is 966 g/mol. The molecule has 0 radical (unpaired) electrons. The first-order valence-electron chi connectivity index (χ1n) is 25.6. The van der Waals surface area contributed by atoms with Crippen molar-refractivity contribution in [2.45, 2.75) is 25.0 Å². The Bertz CT molecular complexity index is 2560. The maximum Gasteiger partial charge on any atom is 0.308 e. The SMILES string of the molecule is B(OCCNc1ccccc1)c1ccc(C(Cc2cccc(BOCCNc3ccccc3)c2)OC(Cc2cccc(BOCCNc3ccccc3)c2)c2ccc(BOCCNc3ccccc3)cc2)cc1. The fraction of sp³-hybridized carbons (Fsp3) is 0.200. The normalized spacial score (nSPS) is 11.7. The topological polar surface area (TPSA) is 94.3 Å². The van der Waals surface area contributed by atoms with E-state index < -0.39 is 0 Å². The van der Waals surface area contributed by atoms with Gasteiger partial charge < -0.3 is 44.6 Å². The molecule has 2 atom stereocenters. The fourth-order valence-electron chi connectivity index (χ4n) is 8.52. The third kappa shape index (κ3) is 18.9. The highest BCUT2D eigenvalue weighted by Gasteiger charge is 2.23. The van der Waals surface area contributed by atoms with Crippen molar-refractivity contribution in [3.05, 3.63) is 241 Å². The Morgan fingerprint density at radius 1 is 0.301 bits per heavy atom. The minimum atomic E-state index is -0.259. The van der Waals surface area contributed by atoms with Gasteiger partial charge in [-0.1, -0.05) is 192 Å². The second kappa shape index (κ2) is 30.1. The second-order valence-corrected chi connectivity index (χ2v) is 18.0. The third-order valence-electron chi connectivity index (χ3n) is 12.3. The van der Waals surface area contributed by atoms with Crippen LogP contribution in [0.25, 0.3) is 0 Å². The summed E-state index contributed by atoms with van der Waals surface area (Å²) >= 11 is 0. The Labute approximate surface area is 435 Å². The average Bonchev–Trinajstić information content (AvgIpc) is 3.44. The smallest absolute Gasteiger partial charge is 0.308 e. The molecule has 0 aliphatic carbocycles. The van der Waals surface area contributed by atoms with E-state index in [1.807, 2.05) is 72.8 Å². The van der Waals surface area contributed by atoms with Gasteiger partial charge in [0.25, 0.3) is 0 Å². The molecule has 0 aromatic heterocycles. The molecule has 0 aliphatic heterocycles. The van der Waals surface area contributed by atoms with Crippen LogP contribution in [0.1, 0.15) is 34.5 Å². The van der Waals surface area contributed by atoms with Crippen LogP contribution in [0.3, 0.4) is 0 Å². The lowest BCUT2D eigenvalue weighted by molar-refractivity contribution is -0.0148. The Balaban J connectivity index is 0.965. The highest BCUT2D eigenvalue weighted by Crippen LogP contribution is 2.32. The molecular weight excluding hydrogens is 900 g/mol. The van der Waals surface area contributed by atoms with Gasteiger partial charge in [-0.2, -0.15) is 0 Å². The van der Waals surface area contributed by atoms with Gasteiger partial charge in [0.15, 0.2) is 0 Å². The molecule has 0 spiro atoms. The van der Waals surface area contributed by atoms with Crippen LogP contribution >= 0.6 is 0 Å². The van der Waals surface area contributed by atoms with Gasteiger partial charge in [0.1, 0.15) is 0 Å². The molecule has 73 heavy (non-hydrogen) atoms. The zero-order valence-electron chi connectivity index (χ0n) is 41.9. The van der Waals surface area contributed by atoms with Crippen molar-refractivity contribution in [2.75, 3.05) is 73.9 Å². The number of ether oxygens (including phenoxy) is 1. The zero-order valence-corrected chi connectivity index (χ0v) is 41.9. The van der Waals surface area contributed by atoms with Crippen molar-refractivity contribution >= 4 is 74.5 Å². The number of benzene rings is 8. The summed E-state index contributed by atoms with van der Waals surface area (Å²) in [4.78, 5) is 0. The number of hydrogen-bond donors (Lipinski definition) is 4. The molecule has 0 heterocycles. The maximum atomic E-state index is 7.45. The maximum absolute atomic E-state index is 7.45. The van der Waals surface area contributed by atoms with Crippen LogP contribution in [0.2, 0.25) is 0 Å². The van der Waals surface area contributed by atoms with Gasteiger partial charge in [-0.05, 0) is 70.8 Å². The molecule has 9 nitrogen and oxygen atoms in total. The van der Waals surface area contributed by atoms with E-state index in [1.54, 1.807) is 0 Å². The van der Waals surface area contributed by atoms with E-state index in [0.717, 1.165) is 81.9 Å². The van der Waals surface area contributed by atoms with Gasteiger partial charge in [-0.25, -0.2) is 0 Å². The molecule has 0 bridgehead atoms. The van der Waals surface area contributed by atoms with Crippen LogP contribution in [-0.4, -0.2) is 82.5 Å². The summed E-state index contributed by atoms with van der Waals surface area (Å²) in [5.74, 6) is 0. The number of para-hydroxylation sites is 4. The van der Waals surface area contributed by atoms with E-state index in [4.69, 9.17) is 23.4 Å². The van der Waals surface area contributed by atoms with Gasteiger partial charge in [0.2, 0.25) is 0 Å². The van der Waals surface area contributed by atoms with Gasteiger partial charge in [-0.3, -0.25) is 0 Å². The summed E-state index contributed by atoms with van der Waals surface area (Å²) in [6, 6.07) is 75.8. The molecule has 8 rings (SSSR count). The Hall–Kier alpha value is -6.98. The molecule has 4 N–H and O–H groups in total. The summed E-state index contributed by atoms with van der Waals surface area (Å²) in [5.41, 5.74) is 13.4. The predicted octanol–water partition coefficient (Wildman–Crippen LogP) is 7.39. The second-order valence-electron chi connectivity index (χ2n) is 18.0. The highest BCUT2D eigenvalue weighted by molar-refractivity contribution is 6.48. The van der Waals surface area contributed by atoms with E-state index in [-0.39, 0.29) is 12.2 Å². The first kappa shape index (κ1) is 52.3. The van der Waals surface area contributed by atoms with Crippen LogP contribution in [0, 0.1) is 0 Å². The molecule has 8 aromatic carbocycles. The van der Waals surface area contributed by atoms with Gasteiger partial charge in [-0.15, -0.1) is 0 Å². The molecule has 0 amide bonds. The van der Waals surface area contributed by atoms with E-state index in [2.05, 4.69) is 167 Å². The Kier molecular flexibility index (Phi) is 21.6. The molecule has 13 heteroatoms. The Morgan fingerprint density at radius 2 is 0.603 bits per heavy atom. The summed E-state index contributed by atoms with van der Waals surface area (Å²) in [5, 5.41) is 13.7. The molecule has 368 valence electrons. The van der Waals surface area contributed by atoms with Crippen molar-refractivity contribution in [1.29, 1.82) is 0 Å². The standard InChI is InChI=1S/C60H66B4N4O5/c1-5-19-55(20-6-1)65-35-39-69-61-51-31-27-49(28-32-51)59(45-47-15-13-17-53(43-47)63-71-41-37-67-57-23-9-3-10-24-57)73-60(50-29-33-52(34-30-50)62-70-40-36-66-56-21-7-2-8-22-56)46-48-16-14-18-54(44-48)64-72-42-38-68-58-25-11-4-12-26-58/h1-34,43-44,59-68H,35-42,45-46H2. The van der Waals surface area contributed by atoms with E-state index in [1.165, 1.54) is 11.1 Å². The lowest BCUT2D eigenvalue weighted by Gasteiger charge is -2.27. The molecule has 2 unspecified atom stereocenters. The monoisotopic (exact) mass is 967 g/mol. The molecule has 0 fully saturated rings. The van der Waals surface area contributed by atoms with Crippen LogP contribution < -0.4 is 43.1 Å². The number of anilines is 4. The van der Waals surface area contributed by atoms with E-state index >= 15 is 0 Å². The minimum Gasteiger partial charge on any atom is -0.433 e. The summed E-state index contributed by atoms with van der Waals surface area (Å²) < 4.78 is 32.0. The van der Waals surface area contributed by atoms with Crippen molar-refractivity contribution in [3.8, 4) is 0 Å². The predicted molar refractivity (Wildman–Crippen MR) is 310 cm³/mol. The van der Waals surface area contributed by atoms with Gasteiger partial charge >= 0.3 is 29.9 Å². The van der Waals surface area contributed by atoms with Crippen molar-refractivity contribution in [3.63, 3.8) is 0 Å². The van der Waals surface area contributed by atoms with Gasteiger partial charge in [0.05, 0.1) is 12.2 Å². The highest BCUT2D eigenvalue weighted by atomic mass is 16.5. The third-order valence-corrected chi connectivity index (χ3v) is 12.3.